The van der Waals surface area contributed by atoms with Crippen molar-refractivity contribution < 1.29 is 13.2 Å². The van der Waals surface area contributed by atoms with Crippen molar-refractivity contribution >= 4 is 17.6 Å². The minimum absolute atomic E-state index is 0.0139. The first kappa shape index (κ1) is 17.4. The number of nitrogen functional groups attached to an aromatic ring is 1. The number of alkyl halides is 3. The molecule has 0 aliphatic heterocycles. The lowest BCUT2D eigenvalue weighted by molar-refractivity contribution is -0.137. The number of hydrogen-bond donors (Lipinski definition) is 2. The highest BCUT2D eigenvalue weighted by Crippen LogP contribution is 2.32. The van der Waals surface area contributed by atoms with Crippen LogP contribution in [0.1, 0.15) is 27.8 Å². The molecule has 0 aromatic heterocycles. The Hall–Kier alpha value is -1.95. The first-order chi connectivity index (χ1) is 10.7. The molecule has 0 aliphatic carbocycles. The Balaban J connectivity index is 2.19. The summed E-state index contributed by atoms with van der Waals surface area (Å²) in [6.45, 7) is 3.77. The minimum atomic E-state index is -4.32. The molecule has 0 heterocycles. The fraction of sp³-hybridized carbons (Fsp3) is 0.235. The van der Waals surface area contributed by atoms with Crippen molar-refractivity contribution in [2.45, 2.75) is 30.7 Å². The maximum Gasteiger partial charge on any atom is 0.416 e. The van der Waals surface area contributed by atoms with Crippen molar-refractivity contribution in [2.24, 2.45) is 5.73 Å². The van der Waals surface area contributed by atoms with Gasteiger partial charge in [-0.15, -0.1) is 11.8 Å². The predicted octanol–water partition coefficient (Wildman–Crippen LogP) is 4.90. The van der Waals surface area contributed by atoms with E-state index < -0.39 is 11.7 Å². The van der Waals surface area contributed by atoms with E-state index in [-0.39, 0.29) is 5.84 Å². The van der Waals surface area contributed by atoms with E-state index in [0.29, 0.717) is 16.9 Å². The van der Waals surface area contributed by atoms with E-state index in [9.17, 15) is 13.2 Å². The van der Waals surface area contributed by atoms with Gasteiger partial charge in [0.05, 0.1) is 5.56 Å². The number of amidine groups is 1. The summed E-state index contributed by atoms with van der Waals surface area (Å²) < 4.78 is 38.2. The first-order valence-electron chi connectivity index (χ1n) is 6.93. The third-order valence-electron chi connectivity index (χ3n) is 3.46. The van der Waals surface area contributed by atoms with Gasteiger partial charge in [-0.3, -0.25) is 5.41 Å². The molecule has 0 bridgehead atoms. The van der Waals surface area contributed by atoms with Crippen LogP contribution in [0.2, 0.25) is 0 Å². The number of nitrogens with one attached hydrogen (secondary N) is 1. The van der Waals surface area contributed by atoms with Crippen LogP contribution in [-0.4, -0.2) is 5.84 Å². The predicted molar refractivity (Wildman–Crippen MR) is 87.9 cm³/mol. The quantitative estimate of drug-likeness (QED) is 0.473. The van der Waals surface area contributed by atoms with Crippen molar-refractivity contribution in [3.63, 3.8) is 0 Å². The van der Waals surface area contributed by atoms with Gasteiger partial charge in [0.15, 0.2) is 0 Å². The van der Waals surface area contributed by atoms with Crippen molar-refractivity contribution in [1.82, 2.24) is 0 Å². The van der Waals surface area contributed by atoms with Crippen molar-refractivity contribution in [2.75, 3.05) is 0 Å². The monoisotopic (exact) mass is 338 g/mol. The van der Waals surface area contributed by atoms with Crippen LogP contribution < -0.4 is 5.73 Å². The molecule has 6 heteroatoms. The van der Waals surface area contributed by atoms with E-state index in [1.807, 2.05) is 26.0 Å². The van der Waals surface area contributed by atoms with Crippen LogP contribution in [0.15, 0.2) is 41.3 Å². The first-order valence-corrected chi connectivity index (χ1v) is 7.91. The van der Waals surface area contributed by atoms with Gasteiger partial charge >= 0.3 is 6.18 Å². The molecule has 2 nitrogen and oxygen atoms in total. The zero-order valence-corrected chi connectivity index (χ0v) is 13.6. The Kier molecular flexibility index (Phi) is 5.04. The van der Waals surface area contributed by atoms with Crippen molar-refractivity contribution in [3.8, 4) is 0 Å². The Bertz CT molecular complexity index is 739. The van der Waals surface area contributed by atoms with E-state index in [2.05, 4.69) is 0 Å². The second-order valence-corrected chi connectivity index (χ2v) is 6.35. The lowest BCUT2D eigenvalue weighted by Crippen LogP contribution is -2.13. The molecule has 0 saturated carbocycles. The van der Waals surface area contributed by atoms with Crippen LogP contribution in [0.3, 0.4) is 0 Å². The standard InChI is InChI=1S/C17H17F3N2S/c1-10-7-15(11(2)6-14(10)16(21)22)23-9-12-4-3-5-13(8-12)17(18,19)20/h3-8H,9H2,1-2H3,(H3,21,22). The molecule has 0 fully saturated rings. The maximum absolute atomic E-state index is 12.7. The van der Waals surface area contributed by atoms with Gasteiger partial charge in [-0.05, 0) is 48.7 Å². The molecule has 0 saturated heterocycles. The molecule has 2 rings (SSSR count). The Morgan fingerprint density at radius 1 is 1.13 bits per heavy atom. The van der Waals surface area contributed by atoms with E-state index in [1.165, 1.54) is 23.9 Å². The highest BCUT2D eigenvalue weighted by atomic mass is 32.2. The van der Waals surface area contributed by atoms with Crippen LogP contribution >= 0.6 is 11.8 Å². The number of halogens is 3. The van der Waals surface area contributed by atoms with Crippen LogP contribution in [0, 0.1) is 19.3 Å². The lowest BCUT2D eigenvalue weighted by Gasteiger charge is -2.12. The lowest BCUT2D eigenvalue weighted by atomic mass is 10.1. The number of rotatable bonds is 4. The second-order valence-electron chi connectivity index (χ2n) is 5.33. The SMILES string of the molecule is Cc1cc(C(=N)N)c(C)cc1SCc1cccc(C(F)(F)F)c1. The molecule has 0 radical (unpaired) electrons. The number of aryl methyl sites for hydroxylation is 2. The smallest absolute Gasteiger partial charge is 0.384 e. The van der Waals surface area contributed by atoms with Gasteiger partial charge in [0.25, 0.3) is 0 Å². The average Bonchev–Trinajstić information content (AvgIpc) is 2.47. The van der Waals surface area contributed by atoms with Crippen LogP contribution in [0.25, 0.3) is 0 Å². The van der Waals surface area contributed by atoms with Crippen molar-refractivity contribution in [1.29, 1.82) is 5.41 Å². The molecule has 0 amide bonds. The summed E-state index contributed by atoms with van der Waals surface area (Å²) in [7, 11) is 0. The van der Waals surface area contributed by atoms with Gasteiger partial charge in [-0.25, -0.2) is 0 Å². The maximum atomic E-state index is 12.7. The molecule has 3 N–H and O–H groups in total. The number of thioether (sulfide) groups is 1. The summed E-state index contributed by atoms with van der Waals surface area (Å²) in [5.74, 6) is 0.462. The average molecular weight is 338 g/mol. The largest absolute Gasteiger partial charge is 0.416 e. The molecule has 23 heavy (non-hydrogen) atoms. The molecule has 0 aliphatic rings. The van der Waals surface area contributed by atoms with Crippen LogP contribution in [0.5, 0.6) is 0 Å². The highest BCUT2D eigenvalue weighted by molar-refractivity contribution is 7.98. The zero-order valence-electron chi connectivity index (χ0n) is 12.8. The molecule has 0 unspecified atom stereocenters. The molecule has 0 atom stereocenters. The second kappa shape index (κ2) is 6.66. The summed E-state index contributed by atoms with van der Waals surface area (Å²) in [6.07, 6.45) is -4.32. The summed E-state index contributed by atoms with van der Waals surface area (Å²) in [5, 5.41) is 7.53. The fourth-order valence-corrected chi connectivity index (χ4v) is 3.28. The number of nitrogens with two attached hydrogens (primary N) is 1. The fourth-order valence-electron chi connectivity index (χ4n) is 2.23. The molecular weight excluding hydrogens is 321 g/mol. The summed E-state index contributed by atoms with van der Waals surface area (Å²) >= 11 is 1.48. The third kappa shape index (κ3) is 4.28. The summed E-state index contributed by atoms with van der Waals surface area (Å²) in [4.78, 5) is 0.977. The van der Waals surface area contributed by atoms with Gasteiger partial charge in [0.1, 0.15) is 5.84 Å². The van der Waals surface area contributed by atoms with Gasteiger partial charge in [0, 0.05) is 16.2 Å². The zero-order chi connectivity index (χ0) is 17.2. The topological polar surface area (TPSA) is 49.9 Å². The van der Waals surface area contributed by atoms with Gasteiger partial charge in [0.2, 0.25) is 0 Å². The van der Waals surface area contributed by atoms with E-state index >= 15 is 0 Å². The van der Waals surface area contributed by atoms with Gasteiger partial charge < -0.3 is 5.73 Å². The van der Waals surface area contributed by atoms with Gasteiger partial charge in [-0.2, -0.15) is 13.2 Å². The molecular formula is C17H17F3N2S. The minimum Gasteiger partial charge on any atom is -0.384 e. The molecule has 0 spiro atoms. The highest BCUT2D eigenvalue weighted by Gasteiger charge is 2.30. The van der Waals surface area contributed by atoms with E-state index in [1.54, 1.807) is 6.07 Å². The Labute approximate surface area is 137 Å². The normalized spacial score (nSPS) is 11.5. The number of hydrogen-bond acceptors (Lipinski definition) is 2. The van der Waals surface area contributed by atoms with Crippen LogP contribution in [-0.2, 0) is 11.9 Å². The Morgan fingerprint density at radius 2 is 1.83 bits per heavy atom. The molecule has 122 valence electrons. The van der Waals surface area contributed by atoms with E-state index in [4.69, 9.17) is 11.1 Å². The Morgan fingerprint density at radius 3 is 2.43 bits per heavy atom. The van der Waals surface area contributed by atoms with Crippen LogP contribution in [0.4, 0.5) is 13.2 Å². The van der Waals surface area contributed by atoms with Gasteiger partial charge in [-0.1, -0.05) is 18.2 Å². The van der Waals surface area contributed by atoms with Crippen molar-refractivity contribution in [3.05, 3.63) is 64.2 Å². The summed E-state index contributed by atoms with van der Waals surface area (Å²) in [6, 6.07) is 9.13. The number of benzene rings is 2. The van der Waals surface area contributed by atoms with E-state index in [0.717, 1.165) is 22.1 Å². The third-order valence-corrected chi connectivity index (χ3v) is 4.69. The summed E-state index contributed by atoms with van der Waals surface area (Å²) in [5.41, 5.74) is 8.05. The molecule has 2 aromatic carbocycles. The molecule has 2 aromatic rings.